The predicted molar refractivity (Wildman–Crippen MR) is 90.1 cm³/mol. The fourth-order valence-corrected chi connectivity index (χ4v) is 2.79. The van der Waals surface area contributed by atoms with Gasteiger partial charge < -0.3 is 5.32 Å². The molecule has 0 unspecified atom stereocenters. The number of aromatic nitrogens is 2. The summed E-state index contributed by atoms with van der Waals surface area (Å²) < 4.78 is 13.5. The topological polar surface area (TPSA) is 54.9 Å². The number of halogens is 1. The third-order valence-electron chi connectivity index (χ3n) is 3.62. The lowest BCUT2D eigenvalue weighted by Gasteiger charge is -2.08. The lowest BCUT2D eigenvalue weighted by atomic mass is 10.1. The van der Waals surface area contributed by atoms with Crippen LogP contribution in [0.1, 0.15) is 22.5 Å². The number of carbonyl (C=O) groups is 1. The summed E-state index contributed by atoms with van der Waals surface area (Å²) in [5.41, 5.74) is 3.54. The quantitative estimate of drug-likeness (QED) is 0.652. The molecule has 2 rings (SSSR count). The average Bonchev–Trinajstić information content (AvgIpc) is 2.52. The van der Waals surface area contributed by atoms with Crippen molar-refractivity contribution in [1.29, 1.82) is 0 Å². The second-order valence-corrected chi connectivity index (χ2v) is 6.22. The molecule has 0 aliphatic rings. The minimum absolute atomic E-state index is 0.106. The fourth-order valence-electron chi connectivity index (χ4n) is 2.02. The van der Waals surface area contributed by atoms with Gasteiger partial charge in [-0.25, -0.2) is 14.4 Å². The Morgan fingerprint density at radius 1 is 1.17 bits per heavy atom. The molecule has 0 saturated carbocycles. The van der Waals surface area contributed by atoms with Crippen molar-refractivity contribution in [2.75, 3.05) is 12.3 Å². The van der Waals surface area contributed by atoms with Crippen molar-refractivity contribution < 1.29 is 9.18 Å². The van der Waals surface area contributed by atoms with Crippen molar-refractivity contribution in [3.05, 3.63) is 52.6 Å². The van der Waals surface area contributed by atoms with Gasteiger partial charge in [-0.1, -0.05) is 30.0 Å². The zero-order chi connectivity index (χ0) is 16.8. The molecule has 4 nitrogen and oxygen atoms in total. The number of hydrogen-bond acceptors (Lipinski definition) is 4. The maximum Gasteiger partial charge on any atom is 0.230 e. The van der Waals surface area contributed by atoms with Gasteiger partial charge in [-0.3, -0.25) is 4.79 Å². The molecule has 0 radical (unpaired) electrons. The first kappa shape index (κ1) is 17.4. The lowest BCUT2D eigenvalue weighted by molar-refractivity contribution is -0.118. The Balaban J connectivity index is 1.78. The largest absolute Gasteiger partial charge is 0.355 e. The zero-order valence-electron chi connectivity index (χ0n) is 13.5. The van der Waals surface area contributed by atoms with Crippen molar-refractivity contribution in [1.82, 2.24) is 15.3 Å². The molecule has 1 aromatic heterocycles. The number of nitrogens with zero attached hydrogens (tertiary/aromatic N) is 2. The number of thioether (sulfide) groups is 1. The van der Waals surface area contributed by atoms with E-state index >= 15 is 0 Å². The zero-order valence-corrected chi connectivity index (χ0v) is 14.3. The van der Waals surface area contributed by atoms with E-state index < -0.39 is 0 Å². The molecule has 0 aliphatic carbocycles. The number of hydrogen-bond donors (Lipinski definition) is 1. The van der Waals surface area contributed by atoms with Crippen LogP contribution in [0, 0.1) is 26.6 Å². The van der Waals surface area contributed by atoms with Gasteiger partial charge in [-0.05, 0) is 44.4 Å². The molecule has 0 saturated heterocycles. The Morgan fingerprint density at radius 2 is 1.83 bits per heavy atom. The van der Waals surface area contributed by atoms with E-state index in [1.807, 2.05) is 20.8 Å². The van der Waals surface area contributed by atoms with Gasteiger partial charge in [0, 0.05) is 17.9 Å². The summed E-state index contributed by atoms with van der Waals surface area (Å²) in [6.45, 7) is 6.26. The van der Waals surface area contributed by atoms with Gasteiger partial charge >= 0.3 is 0 Å². The van der Waals surface area contributed by atoms with Crippen LogP contribution < -0.4 is 5.32 Å². The summed E-state index contributed by atoms with van der Waals surface area (Å²) in [4.78, 5) is 20.6. The van der Waals surface area contributed by atoms with Crippen LogP contribution in [0.4, 0.5) is 4.39 Å². The molecule has 0 bridgehead atoms. The number of aryl methyl sites for hydroxylation is 2. The highest BCUT2D eigenvalue weighted by Crippen LogP contribution is 2.16. The summed E-state index contributed by atoms with van der Waals surface area (Å²) in [5.74, 6) is -0.0971. The van der Waals surface area contributed by atoms with Crippen LogP contribution in [0.25, 0.3) is 0 Å². The summed E-state index contributed by atoms with van der Waals surface area (Å²) in [6, 6.07) is 6.59. The Bertz CT molecular complexity index is 683. The molecule has 0 aliphatic heterocycles. The summed E-state index contributed by atoms with van der Waals surface area (Å²) in [7, 11) is 0. The highest BCUT2D eigenvalue weighted by molar-refractivity contribution is 7.99. The molecule has 0 fully saturated rings. The van der Waals surface area contributed by atoms with Crippen LogP contribution in [0.15, 0.2) is 29.4 Å². The molecule has 6 heteroatoms. The van der Waals surface area contributed by atoms with Crippen molar-refractivity contribution in [2.45, 2.75) is 32.3 Å². The third-order valence-corrected chi connectivity index (χ3v) is 4.47. The minimum atomic E-state index is -0.241. The van der Waals surface area contributed by atoms with E-state index in [1.54, 1.807) is 18.2 Å². The molecule has 1 N–H and O–H groups in total. The Hall–Kier alpha value is -1.95. The molecule has 0 atom stereocenters. The van der Waals surface area contributed by atoms with Crippen molar-refractivity contribution in [2.24, 2.45) is 0 Å². The van der Waals surface area contributed by atoms with E-state index in [0.717, 1.165) is 17.0 Å². The molecule has 1 aromatic carbocycles. The first-order valence-corrected chi connectivity index (χ1v) is 8.40. The third kappa shape index (κ3) is 5.03. The average molecular weight is 333 g/mol. The molecular weight excluding hydrogens is 313 g/mol. The SMILES string of the molecule is Cc1nc(SCC(=O)NCCc2ccccc2F)nc(C)c1C. The standard InChI is InChI=1S/C17H20FN3OS/c1-11-12(2)20-17(21-13(11)3)23-10-16(22)19-9-8-14-6-4-5-7-15(14)18/h4-7H,8-10H2,1-3H3,(H,19,22). The second-order valence-electron chi connectivity index (χ2n) is 5.28. The molecule has 0 spiro atoms. The van der Waals surface area contributed by atoms with Gasteiger partial charge in [0.2, 0.25) is 5.91 Å². The van der Waals surface area contributed by atoms with Crippen LogP contribution in [0.2, 0.25) is 0 Å². The molecule has 23 heavy (non-hydrogen) atoms. The van der Waals surface area contributed by atoms with Gasteiger partial charge in [-0.15, -0.1) is 0 Å². The van der Waals surface area contributed by atoms with Crippen LogP contribution in [0.5, 0.6) is 0 Å². The van der Waals surface area contributed by atoms with Gasteiger partial charge in [-0.2, -0.15) is 0 Å². The highest BCUT2D eigenvalue weighted by atomic mass is 32.2. The summed E-state index contributed by atoms with van der Waals surface area (Å²) in [5, 5.41) is 3.39. The maximum atomic E-state index is 13.5. The first-order valence-electron chi connectivity index (χ1n) is 7.42. The van der Waals surface area contributed by atoms with E-state index in [2.05, 4.69) is 15.3 Å². The van der Waals surface area contributed by atoms with Gasteiger partial charge in [0.15, 0.2) is 5.16 Å². The van der Waals surface area contributed by atoms with Crippen LogP contribution in [-0.4, -0.2) is 28.2 Å². The molecule has 2 aromatic rings. The van der Waals surface area contributed by atoms with E-state index in [9.17, 15) is 9.18 Å². The molecule has 122 valence electrons. The smallest absolute Gasteiger partial charge is 0.230 e. The van der Waals surface area contributed by atoms with E-state index in [1.165, 1.54) is 17.8 Å². The van der Waals surface area contributed by atoms with Crippen molar-refractivity contribution in [3.63, 3.8) is 0 Å². The monoisotopic (exact) mass is 333 g/mol. The van der Waals surface area contributed by atoms with Gasteiger partial charge in [0.1, 0.15) is 5.82 Å². The second kappa shape index (κ2) is 8.06. The number of carbonyl (C=O) groups excluding carboxylic acids is 1. The van der Waals surface area contributed by atoms with Crippen LogP contribution in [-0.2, 0) is 11.2 Å². The van der Waals surface area contributed by atoms with E-state index in [0.29, 0.717) is 23.7 Å². The summed E-state index contributed by atoms with van der Waals surface area (Å²) in [6.07, 6.45) is 0.475. The number of rotatable bonds is 6. The maximum absolute atomic E-state index is 13.5. The first-order chi connectivity index (χ1) is 11.0. The molecule has 1 amide bonds. The van der Waals surface area contributed by atoms with Gasteiger partial charge in [0.05, 0.1) is 5.75 Å². The van der Waals surface area contributed by atoms with Crippen LogP contribution >= 0.6 is 11.8 Å². The van der Waals surface area contributed by atoms with Crippen molar-refractivity contribution >= 4 is 17.7 Å². The minimum Gasteiger partial charge on any atom is -0.355 e. The van der Waals surface area contributed by atoms with Crippen LogP contribution in [0.3, 0.4) is 0 Å². The molecule has 1 heterocycles. The van der Waals surface area contributed by atoms with E-state index in [-0.39, 0.29) is 17.5 Å². The van der Waals surface area contributed by atoms with Crippen molar-refractivity contribution in [3.8, 4) is 0 Å². The molecular formula is C17H20FN3OS. The lowest BCUT2D eigenvalue weighted by Crippen LogP contribution is -2.27. The number of amides is 1. The normalized spacial score (nSPS) is 10.6. The van der Waals surface area contributed by atoms with Gasteiger partial charge in [0.25, 0.3) is 0 Å². The number of nitrogens with one attached hydrogen (secondary N) is 1. The predicted octanol–water partition coefficient (Wildman–Crippen LogP) is 2.99. The Kier molecular flexibility index (Phi) is 6.10. The number of benzene rings is 1. The van der Waals surface area contributed by atoms with E-state index in [4.69, 9.17) is 0 Å². The Morgan fingerprint density at radius 3 is 2.48 bits per heavy atom. The summed E-state index contributed by atoms with van der Waals surface area (Å²) >= 11 is 1.31. The highest BCUT2D eigenvalue weighted by Gasteiger charge is 2.08. The Labute approximate surface area is 139 Å². The fraction of sp³-hybridized carbons (Fsp3) is 0.353.